The second kappa shape index (κ2) is 7.35. The van der Waals surface area contributed by atoms with Gasteiger partial charge in [-0.2, -0.15) is 8.42 Å². The minimum Gasteiger partial charge on any atom is -0.505 e. The Balaban J connectivity index is 1.89. The number of furan rings is 1. The van der Waals surface area contributed by atoms with E-state index in [1.807, 2.05) is 6.92 Å². The number of benzene rings is 1. The maximum atomic E-state index is 12.1. The molecule has 0 fully saturated rings. The summed E-state index contributed by atoms with van der Waals surface area (Å²) < 4.78 is 34.7. The molecule has 0 atom stereocenters. The quantitative estimate of drug-likeness (QED) is 0.655. The van der Waals surface area contributed by atoms with E-state index in [2.05, 4.69) is 19.4 Å². The molecule has 0 bridgehead atoms. The number of phenolic OH excluding ortho intramolecular Hbond substituents is 1. The summed E-state index contributed by atoms with van der Waals surface area (Å²) >= 11 is 0. The molecule has 1 aromatic carbocycles. The van der Waals surface area contributed by atoms with Gasteiger partial charge in [0.05, 0.1) is 24.1 Å². The summed E-state index contributed by atoms with van der Waals surface area (Å²) in [6.45, 7) is 1.95. The van der Waals surface area contributed by atoms with Crippen molar-refractivity contribution in [3.05, 3.63) is 47.4 Å². The number of hydrogen-bond acceptors (Lipinski definition) is 7. The van der Waals surface area contributed by atoms with Crippen LogP contribution in [-0.4, -0.2) is 50.1 Å². The SMILES string of the molecule is Cc1coc(CN=C2NS(=O)(=O)N=C2Nc2cccc(C(=O)N(C)C)c2O)c1. The molecule has 1 aliphatic rings. The summed E-state index contributed by atoms with van der Waals surface area (Å²) in [5.41, 5.74) is 1.10. The molecule has 0 saturated carbocycles. The molecule has 3 rings (SSSR count). The van der Waals surface area contributed by atoms with Gasteiger partial charge in [-0.25, -0.2) is 4.72 Å². The van der Waals surface area contributed by atoms with E-state index in [0.717, 1.165) is 5.56 Å². The summed E-state index contributed by atoms with van der Waals surface area (Å²) in [7, 11) is -0.847. The number of carbonyl (C=O) groups is 1. The number of anilines is 1. The zero-order valence-corrected chi connectivity index (χ0v) is 16.2. The van der Waals surface area contributed by atoms with Crippen molar-refractivity contribution in [2.45, 2.75) is 13.5 Å². The lowest BCUT2D eigenvalue weighted by Crippen LogP contribution is -2.30. The Morgan fingerprint density at radius 3 is 2.79 bits per heavy atom. The van der Waals surface area contributed by atoms with Crippen LogP contribution in [0.25, 0.3) is 0 Å². The Hall–Kier alpha value is -3.34. The van der Waals surface area contributed by atoms with Crippen molar-refractivity contribution >= 4 is 33.5 Å². The fourth-order valence-corrected chi connectivity index (χ4v) is 3.29. The molecular formula is C17H19N5O5S. The van der Waals surface area contributed by atoms with Gasteiger partial charge >= 0.3 is 10.2 Å². The van der Waals surface area contributed by atoms with Gasteiger partial charge in [0.2, 0.25) is 0 Å². The standard InChI is InChI=1S/C17H19N5O5S/c1-10-7-11(27-9-10)8-18-15-16(21-28(25,26)20-15)19-13-6-4-5-12(14(13)23)17(24)22(2)3/h4-7,9,23H,8H2,1-3H3,(H,18,20)(H,19,21). The van der Waals surface area contributed by atoms with Gasteiger partial charge in [-0.15, -0.1) is 4.40 Å². The highest BCUT2D eigenvalue weighted by Gasteiger charge is 2.27. The Labute approximate surface area is 161 Å². The zero-order valence-electron chi connectivity index (χ0n) is 15.4. The predicted octanol–water partition coefficient (Wildman–Crippen LogP) is 1.25. The van der Waals surface area contributed by atoms with E-state index in [1.54, 1.807) is 32.5 Å². The number of hydrogen-bond donors (Lipinski definition) is 3. The van der Waals surface area contributed by atoms with Gasteiger partial charge in [-0.1, -0.05) is 6.07 Å². The van der Waals surface area contributed by atoms with E-state index in [0.29, 0.717) is 5.76 Å². The van der Waals surface area contributed by atoms with Crippen LogP contribution >= 0.6 is 0 Å². The van der Waals surface area contributed by atoms with Crippen LogP contribution in [0.5, 0.6) is 5.75 Å². The van der Waals surface area contributed by atoms with Gasteiger partial charge in [-0.05, 0) is 30.7 Å². The molecule has 11 heteroatoms. The Morgan fingerprint density at radius 1 is 1.39 bits per heavy atom. The smallest absolute Gasteiger partial charge is 0.345 e. The van der Waals surface area contributed by atoms with Crippen molar-refractivity contribution in [1.82, 2.24) is 9.62 Å². The molecule has 3 N–H and O–H groups in total. The normalized spacial score (nSPS) is 16.5. The molecule has 148 valence electrons. The lowest BCUT2D eigenvalue weighted by atomic mass is 10.1. The number of aryl methyl sites for hydroxylation is 1. The highest BCUT2D eigenvalue weighted by atomic mass is 32.2. The second-order valence-electron chi connectivity index (χ2n) is 6.30. The molecule has 1 aliphatic heterocycles. The molecule has 0 radical (unpaired) electrons. The van der Waals surface area contributed by atoms with E-state index in [1.165, 1.54) is 17.0 Å². The van der Waals surface area contributed by atoms with Crippen LogP contribution in [-0.2, 0) is 16.8 Å². The molecule has 0 aliphatic carbocycles. The van der Waals surface area contributed by atoms with Gasteiger partial charge in [0.1, 0.15) is 5.76 Å². The van der Waals surface area contributed by atoms with E-state index in [4.69, 9.17) is 4.42 Å². The van der Waals surface area contributed by atoms with Gasteiger partial charge < -0.3 is 19.7 Å². The van der Waals surface area contributed by atoms with Gasteiger partial charge in [-0.3, -0.25) is 9.79 Å². The maximum Gasteiger partial charge on any atom is 0.345 e. The Kier molecular flexibility index (Phi) is 5.10. The number of aliphatic imine (C=N–C) groups is 1. The number of rotatable bonds is 4. The largest absolute Gasteiger partial charge is 0.505 e. The molecule has 2 aromatic rings. The van der Waals surface area contributed by atoms with Crippen LogP contribution in [0.3, 0.4) is 0 Å². The van der Waals surface area contributed by atoms with E-state index in [9.17, 15) is 18.3 Å². The van der Waals surface area contributed by atoms with Crippen LogP contribution in [0.15, 0.2) is 44.3 Å². The van der Waals surface area contributed by atoms with Crippen molar-refractivity contribution in [3.8, 4) is 5.75 Å². The number of aromatic hydroxyl groups is 1. The third-order valence-corrected chi connectivity index (χ3v) is 4.64. The van der Waals surface area contributed by atoms with Crippen molar-refractivity contribution < 1.29 is 22.7 Å². The first kappa shape index (κ1) is 19.4. The minimum atomic E-state index is -3.96. The molecule has 1 amide bonds. The van der Waals surface area contributed by atoms with Crippen LogP contribution in [0.2, 0.25) is 0 Å². The van der Waals surface area contributed by atoms with Crippen molar-refractivity contribution in [2.24, 2.45) is 9.39 Å². The first-order valence-corrected chi connectivity index (χ1v) is 9.62. The van der Waals surface area contributed by atoms with E-state index >= 15 is 0 Å². The van der Waals surface area contributed by atoms with E-state index in [-0.39, 0.29) is 35.2 Å². The summed E-state index contributed by atoms with van der Waals surface area (Å²) in [5.74, 6) is -0.306. The van der Waals surface area contributed by atoms with Crippen LogP contribution in [0.1, 0.15) is 21.7 Å². The number of nitrogens with zero attached hydrogens (tertiary/aromatic N) is 3. The van der Waals surface area contributed by atoms with Crippen molar-refractivity contribution in [3.63, 3.8) is 0 Å². The minimum absolute atomic E-state index is 0.0298. The summed E-state index contributed by atoms with van der Waals surface area (Å²) in [6, 6.07) is 6.28. The number of phenols is 1. The molecule has 28 heavy (non-hydrogen) atoms. The monoisotopic (exact) mass is 405 g/mol. The Morgan fingerprint density at radius 2 is 2.14 bits per heavy atom. The molecule has 10 nitrogen and oxygen atoms in total. The topological polar surface area (TPSA) is 137 Å². The number of nitrogens with one attached hydrogen (secondary N) is 2. The van der Waals surface area contributed by atoms with Gasteiger partial charge in [0.15, 0.2) is 17.4 Å². The number of para-hydroxylation sites is 1. The maximum absolute atomic E-state index is 12.1. The molecule has 0 saturated heterocycles. The van der Waals surface area contributed by atoms with Gasteiger partial charge in [0, 0.05) is 14.1 Å². The fraction of sp³-hybridized carbons (Fsp3) is 0.235. The summed E-state index contributed by atoms with van der Waals surface area (Å²) in [4.78, 5) is 17.6. The van der Waals surface area contributed by atoms with Crippen LogP contribution in [0.4, 0.5) is 5.69 Å². The van der Waals surface area contributed by atoms with Crippen molar-refractivity contribution in [1.29, 1.82) is 0 Å². The van der Waals surface area contributed by atoms with Crippen molar-refractivity contribution in [2.75, 3.05) is 19.4 Å². The highest BCUT2D eigenvalue weighted by Crippen LogP contribution is 2.28. The van der Waals surface area contributed by atoms with E-state index < -0.39 is 16.1 Å². The first-order valence-electron chi connectivity index (χ1n) is 8.18. The number of carbonyl (C=O) groups excluding carboxylic acids is 1. The predicted molar refractivity (Wildman–Crippen MR) is 104 cm³/mol. The van der Waals surface area contributed by atoms with Crippen LogP contribution in [0, 0.1) is 6.92 Å². The number of amides is 1. The fourth-order valence-electron chi connectivity index (χ4n) is 2.46. The Bertz CT molecular complexity index is 1090. The molecular weight excluding hydrogens is 386 g/mol. The van der Waals surface area contributed by atoms with Crippen LogP contribution < -0.4 is 10.0 Å². The summed E-state index contributed by atoms with van der Waals surface area (Å²) in [5, 5.41) is 13.1. The third-order valence-electron chi connectivity index (χ3n) is 3.76. The lowest BCUT2D eigenvalue weighted by Gasteiger charge is -2.14. The first-order chi connectivity index (χ1) is 13.2. The average molecular weight is 405 g/mol. The molecule has 0 spiro atoms. The summed E-state index contributed by atoms with van der Waals surface area (Å²) in [6.07, 6.45) is 1.56. The average Bonchev–Trinajstić information content (AvgIpc) is 3.16. The number of amidine groups is 2. The molecule has 1 aromatic heterocycles. The lowest BCUT2D eigenvalue weighted by molar-refractivity contribution is 0.0824. The second-order valence-corrected chi connectivity index (χ2v) is 7.64. The van der Waals surface area contributed by atoms with Gasteiger partial charge in [0.25, 0.3) is 5.91 Å². The molecule has 2 heterocycles. The molecule has 0 unspecified atom stereocenters. The highest BCUT2D eigenvalue weighted by molar-refractivity contribution is 7.89. The third kappa shape index (κ3) is 4.14. The zero-order chi connectivity index (χ0) is 20.5.